The Morgan fingerprint density at radius 1 is 1.09 bits per heavy atom. The molecule has 0 spiro atoms. The number of piperidine rings is 1. The van der Waals surface area contributed by atoms with Gasteiger partial charge < -0.3 is 20.9 Å². The average molecular weight is 473 g/mol. The molecule has 1 aliphatic rings. The molecule has 3 rings (SSSR count). The normalized spacial score (nSPS) is 14.6. The Bertz CT molecular complexity index is 935. The minimum Gasteiger partial charge on any atom is -0.351 e. The number of amides is 3. The molecule has 0 aromatic heterocycles. The molecule has 0 unspecified atom stereocenters. The summed E-state index contributed by atoms with van der Waals surface area (Å²) in [6, 6.07) is 16.0. The number of likely N-dealkylation sites (N-methyl/N-ethyl adjacent to an activating group) is 1. The first-order chi connectivity index (χ1) is 15.1. The second-order valence-electron chi connectivity index (χ2n) is 9.74. The number of nitrogens with two attached hydrogens (primary N) is 1. The number of primary amides is 1. The average Bonchev–Trinajstić information content (AvgIpc) is 2.77. The van der Waals surface area contributed by atoms with Crippen LogP contribution in [0.25, 0.3) is 0 Å². The van der Waals surface area contributed by atoms with Gasteiger partial charge in [-0.05, 0) is 55.0 Å². The molecule has 1 aliphatic heterocycles. The number of urea groups is 1. The van der Waals surface area contributed by atoms with E-state index in [4.69, 9.17) is 5.73 Å². The molecule has 0 atom stereocenters. The van der Waals surface area contributed by atoms with E-state index in [0.29, 0.717) is 30.4 Å². The lowest BCUT2D eigenvalue weighted by Crippen LogP contribution is -2.46. The second-order valence-corrected chi connectivity index (χ2v) is 9.74. The standard InChI is InChI=1S/C26H36N4O2.ClH/c1-26(2,3)20-10-11-22(23(18-20)28-25(27)32)24(31)30-16-13-21(14-17-30)29(4)15-12-19-8-6-5-7-9-19;/h5-11,18,21H,12-17H2,1-4H3,(H3,27,28,32);1H. The van der Waals surface area contributed by atoms with Crippen molar-refractivity contribution in [2.45, 2.75) is 51.5 Å². The summed E-state index contributed by atoms with van der Waals surface area (Å²) in [6.45, 7) is 8.70. The predicted octanol–water partition coefficient (Wildman–Crippen LogP) is 4.68. The van der Waals surface area contributed by atoms with Crippen LogP contribution >= 0.6 is 12.4 Å². The fourth-order valence-corrected chi connectivity index (χ4v) is 4.25. The first kappa shape index (κ1) is 26.7. The summed E-state index contributed by atoms with van der Waals surface area (Å²) in [7, 11) is 2.17. The number of benzene rings is 2. The van der Waals surface area contributed by atoms with Crippen molar-refractivity contribution < 1.29 is 9.59 Å². The molecule has 3 N–H and O–H groups in total. The van der Waals surface area contributed by atoms with Crippen molar-refractivity contribution in [2.24, 2.45) is 5.73 Å². The van der Waals surface area contributed by atoms with Crippen molar-refractivity contribution in [3.63, 3.8) is 0 Å². The van der Waals surface area contributed by atoms with Crippen molar-refractivity contribution in [3.05, 3.63) is 65.2 Å². The lowest BCUT2D eigenvalue weighted by atomic mass is 9.86. The van der Waals surface area contributed by atoms with E-state index in [-0.39, 0.29) is 23.7 Å². The van der Waals surface area contributed by atoms with Crippen LogP contribution in [0.4, 0.5) is 10.5 Å². The van der Waals surface area contributed by atoms with Gasteiger partial charge in [0.1, 0.15) is 0 Å². The number of nitrogens with one attached hydrogen (secondary N) is 1. The maximum Gasteiger partial charge on any atom is 0.316 e. The highest BCUT2D eigenvalue weighted by atomic mass is 35.5. The summed E-state index contributed by atoms with van der Waals surface area (Å²) in [5.74, 6) is -0.0559. The zero-order valence-corrected chi connectivity index (χ0v) is 21.0. The van der Waals surface area contributed by atoms with E-state index in [0.717, 1.165) is 31.4 Å². The van der Waals surface area contributed by atoms with E-state index in [1.54, 1.807) is 0 Å². The number of halogens is 1. The SMILES string of the molecule is CN(CCc1ccccc1)C1CCN(C(=O)c2ccc(C(C)(C)C)cc2NC(N)=O)CC1.Cl. The van der Waals surface area contributed by atoms with Crippen molar-refractivity contribution >= 4 is 30.0 Å². The van der Waals surface area contributed by atoms with Crippen LogP contribution in [-0.2, 0) is 11.8 Å². The zero-order chi connectivity index (χ0) is 23.3. The zero-order valence-electron chi connectivity index (χ0n) is 20.1. The Kier molecular flexibility index (Phi) is 9.32. The quantitative estimate of drug-likeness (QED) is 0.640. The second kappa shape index (κ2) is 11.5. The Morgan fingerprint density at radius 3 is 2.30 bits per heavy atom. The molecule has 2 aromatic carbocycles. The maximum atomic E-state index is 13.3. The summed E-state index contributed by atoms with van der Waals surface area (Å²) in [4.78, 5) is 29.1. The van der Waals surface area contributed by atoms with Gasteiger partial charge in [-0.25, -0.2) is 4.79 Å². The molecule has 3 amide bonds. The molecular formula is C26H37ClN4O2. The summed E-state index contributed by atoms with van der Waals surface area (Å²) in [6.07, 6.45) is 2.91. The number of hydrogen-bond donors (Lipinski definition) is 2. The minimum atomic E-state index is -0.663. The Balaban J connectivity index is 0.00000385. The van der Waals surface area contributed by atoms with Gasteiger partial charge in [-0.3, -0.25) is 4.79 Å². The Morgan fingerprint density at radius 2 is 1.73 bits per heavy atom. The van der Waals surface area contributed by atoms with Crippen LogP contribution in [0.1, 0.15) is 55.1 Å². The maximum absolute atomic E-state index is 13.3. The van der Waals surface area contributed by atoms with E-state index in [9.17, 15) is 9.59 Å². The highest BCUT2D eigenvalue weighted by Gasteiger charge is 2.28. The smallest absolute Gasteiger partial charge is 0.316 e. The molecule has 180 valence electrons. The Labute approximate surface area is 203 Å². The third-order valence-electron chi connectivity index (χ3n) is 6.34. The number of nitrogens with zero attached hydrogens (tertiary/aromatic N) is 2. The number of rotatable bonds is 6. The van der Waals surface area contributed by atoms with Gasteiger partial charge in [0.25, 0.3) is 5.91 Å². The van der Waals surface area contributed by atoms with Gasteiger partial charge in [0.2, 0.25) is 0 Å². The highest BCUT2D eigenvalue weighted by molar-refractivity contribution is 6.03. The predicted molar refractivity (Wildman–Crippen MR) is 137 cm³/mol. The molecule has 1 fully saturated rings. The molecule has 6 nitrogen and oxygen atoms in total. The first-order valence-electron chi connectivity index (χ1n) is 11.4. The molecule has 33 heavy (non-hydrogen) atoms. The van der Waals surface area contributed by atoms with Crippen LogP contribution < -0.4 is 11.1 Å². The molecule has 0 saturated carbocycles. The molecule has 2 aromatic rings. The number of anilines is 1. The van der Waals surface area contributed by atoms with Crippen molar-refractivity contribution in [2.75, 3.05) is 32.0 Å². The molecular weight excluding hydrogens is 436 g/mol. The van der Waals surface area contributed by atoms with Gasteiger partial charge in [-0.15, -0.1) is 12.4 Å². The fourth-order valence-electron chi connectivity index (χ4n) is 4.25. The van der Waals surface area contributed by atoms with E-state index in [2.05, 4.69) is 62.3 Å². The van der Waals surface area contributed by atoms with Gasteiger partial charge in [-0.1, -0.05) is 57.2 Å². The van der Waals surface area contributed by atoms with Crippen molar-refractivity contribution in [1.29, 1.82) is 0 Å². The topological polar surface area (TPSA) is 78.7 Å². The van der Waals surface area contributed by atoms with Crippen molar-refractivity contribution in [1.82, 2.24) is 9.80 Å². The third-order valence-corrected chi connectivity index (χ3v) is 6.34. The van der Waals surface area contributed by atoms with Gasteiger partial charge >= 0.3 is 6.03 Å². The van der Waals surface area contributed by atoms with Gasteiger partial charge in [0.05, 0.1) is 11.3 Å². The lowest BCUT2D eigenvalue weighted by Gasteiger charge is -2.37. The van der Waals surface area contributed by atoms with Gasteiger partial charge in [0.15, 0.2) is 0 Å². The van der Waals surface area contributed by atoms with Crippen LogP contribution in [0.15, 0.2) is 48.5 Å². The summed E-state index contributed by atoms with van der Waals surface area (Å²) in [5.41, 5.74) is 8.64. The molecule has 1 saturated heterocycles. The lowest BCUT2D eigenvalue weighted by molar-refractivity contribution is 0.0648. The Hall–Kier alpha value is -2.57. The molecule has 1 heterocycles. The van der Waals surface area contributed by atoms with Crippen LogP contribution in [-0.4, -0.2) is 54.5 Å². The van der Waals surface area contributed by atoms with Crippen molar-refractivity contribution in [3.8, 4) is 0 Å². The van der Waals surface area contributed by atoms with Crippen LogP contribution in [0.5, 0.6) is 0 Å². The van der Waals surface area contributed by atoms with Gasteiger partial charge in [-0.2, -0.15) is 0 Å². The van der Waals surface area contributed by atoms with Crippen LogP contribution in [0.2, 0.25) is 0 Å². The van der Waals surface area contributed by atoms with E-state index >= 15 is 0 Å². The first-order valence-corrected chi connectivity index (χ1v) is 11.4. The molecule has 0 aliphatic carbocycles. The van der Waals surface area contributed by atoms with Gasteiger partial charge in [0, 0.05) is 25.7 Å². The largest absolute Gasteiger partial charge is 0.351 e. The highest BCUT2D eigenvalue weighted by Crippen LogP contribution is 2.29. The summed E-state index contributed by atoms with van der Waals surface area (Å²) in [5, 5.41) is 2.65. The third kappa shape index (κ3) is 7.21. The molecule has 0 radical (unpaired) electrons. The van der Waals surface area contributed by atoms with Crippen LogP contribution in [0.3, 0.4) is 0 Å². The number of likely N-dealkylation sites (tertiary alicyclic amines) is 1. The van der Waals surface area contributed by atoms with E-state index in [1.807, 2.05) is 29.2 Å². The fraction of sp³-hybridized carbons (Fsp3) is 0.462. The molecule has 0 bridgehead atoms. The van der Waals surface area contributed by atoms with E-state index < -0.39 is 6.03 Å². The van der Waals surface area contributed by atoms with E-state index in [1.165, 1.54) is 5.56 Å². The molecule has 7 heteroatoms. The monoisotopic (exact) mass is 472 g/mol. The summed E-state index contributed by atoms with van der Waals surface area (Å²) >= 11 is 0. The number of carbonyl (C=O) groups is 2. The summed E-state index contributed by atoms with van der Waals surface area (Å²) < 4.78 is 0. The van der Waals surface area contributed by atoms with Crippen LogP contribution in [0, 0.1) is 0 Å². The number of carbonyl (C=O) groups excluding carboxylic acids is 2. The minimum absolute atomic E-state index is 0. The number of hydrogen-bond acceptors (Lipinski definition) is 3.